The van der Waals surface area contributed by atoms with Crippen LogP contribution >= 0.6 is 0 Å². The Morgan fingerprint density at radius 2 is 2.10 bits per heavy atom. The van der Waals surface area contributed by atoms with Gasteiger partial charge in [0.2, 0.25) is 5.88 Å². The van der Waals surface area contributed by atoms with E-state index in [1.807, 2.05) is 24.7 Å². The standard InChI is InChI=1S/C15H22N4O/c1-5-16-9-14-11(3)7-12(4)18-15(14)20-13-8-17-19(6-2)10-13/h7-8,10,16H,5-6,9H2,1-4H3. The van der Waals surface area contributed by atoms with Gasteiger partial charge in [-0.25, -0.2) is 4.98 Å². The highest BCUT2D eigenvalue weighted by Crippen LogP contribution is 2.26. The van der Waals surface area contributed by atoms with Crippen molar-refractivity contribution in [2.75, 3.05) is 6.54 Å². The van der Waals surface area contributed by atoms with E-state index in [-0.39, 0.29) is 0 Å². The summed E-state index contributed by atoms with van der Waals surface area (Å²) in [6, 6.07) is 2.08. The Kier molecular flexibility index (Phi) is 4.74. The van der Waals surface area contributed by atoms with E-state index in [9.17, 15) is 0 Å². The summed E-state index contributed by atoms with van der Waals surface area (Å²) >= 11 is 0. The molecule has 0 saturated carbocycles. The Bertz CT molecular complexity index is 577. The Labute approximate surface area is 120 Å². The number of ether oxygens (including phenoxy) is 1. The summed E-state index contributed by atoms with van der Waals surface area (Å²) in [4.78, 5) is 4.52. The Hall–Kier alpha value is -1.88. The van der Waals surface area contributed by atoms with E-state index in [0.29, 0.717) is 5.88 Å². The first kappa shape index (κ1) is 14.5. The van der Waals surface area contributed by atoms with E-state index in [1.54, 1.807) is 6.20 Å². The van der Waals surface area contributed by atoms with Crippen molar-refractivity contribution in [2.24, 2.45) is 0 Å². The van der Waals surface area contributed by atoms with Crippen LogP contribution in [-0.4, -0.2) is 21.3 Å². The van der Waals surface area contributed by atoms with Crippen LogP contribution in [0.4, 0.5) is 0 Å². The molecule has 0 radical (unpaired) electrons. The molecule has 0 aromatic carbocycles. The smallest absolute Gasteiger partial charge is 0.224 e. The third-order valence-corrected chi connectivity index (χ3v) is 3.14. The fourth-order valence-corrected chi connectivity index (χ4v) is 2.06. The molecule has 0 unspecified atom stereocenters. The van der Waals surface area contributed by atoms with Crippen molar-refractivity contribution in [3.63, 3.8) is 0 Å². The number of nitrogens with one attached hydrogen (secondary N) is 1. The second kappa shape index (κ2) is 6.52. The molecule has 2 aromatic heterocycles. The molecule has 2 heterocycles. The minimum Gasteiger partial charge on any atom is -0.435 e. The predicted octanol–water partition coefficient (Wildman–Crippen LogP) is 2.82. The molecule has 0 spiro atoms. The second-order valence-corrected chi connectivity index (χ2v) is 4.78. The zero-order valence-corrected chi connectivity index (χ0v) is 12.6. The number of aryl methyl sites for hydroxylation is 3. The van der Waals surface area contributed by atoms with Crippen LogP contribution in [0.5, 0.6) is 11.6 Å². The van der Waals surface area contributed by atoms with Gasteiger partial charge in [0.25, 0.3) is 0 Å². The van der Waals surface area contributed by atoms with Crippen LogP contribution in [0.3, 0.4) is 0 Å². The quantitative estimate of drug-likeness (QED) is 0.880. The lowest BCUT2D eigenvalue weighted by atomic mass is 10.1. The summed E-state index contributed by atoms with van der Waals surface area (Å²) in [5, 5.41) is 7.54. The molecule has 5 nitrogen and oxygen atoms in total. The lowest BCUT2D eigenvalue weighted by Crippen LogP contribution is -2.14. The van der Waals surface area contributed by atoms with Crippen LogP contribution in [0.1, 0.15) is 30.7 Å². The largest absolute Gasteiger partial charge is 0.435 e. The first-order valence-electron chi connectivity index (χ1n) is 7.02. The molecular weight excluding hydrogens is 252 g/mol. The lowest BCUT2D eigenvalue weighted by Gasteiger charge is -2.13. The van der Waals surface area contributed by atoms with Gasteiger partial charge in [0, 0.05) is 24.3 Å². The van der Waals surface area contributed by atoms with E-state index >= 15 is 0 Å². The van der Waals surface area contributed by atoms with Crippen LogP contribution in [0.25, 0.3) is 0 Å². The van der Waals surface area contributed by atoms with Gasteiger partial charge in [-0.3, -0.25) is 4.68 Å². The average molecular weight is 274 g/mol. The molecule has 0 amide bonds. The van der Waals surface area contributed by atoms with Gasteiger partial charge in [0.1, 0.15) is 0 Å². The first-order chi connectivity index (χ1) is 9.63. The molecule has 0 aliphatic rings. The molecule has 0 aliphatic carbocycles. The maximum absolute atomic E-state index is 5.92. The summed E-state index contributed by atoms with van der Waals surface area (Å²) in [6.07, 6.45) is 3.61. The van der Waals surface area contributed by atoms with E-state index in [1.165, 1.54) is 5.56 Å². The number of hydrogen-bond donors (Lipinski definition) is 1. The van der Waals surface area contributed by atoms with Crippen molar-refractivity contribution >= 4 is 0 Å². The molecule has 1 N–H and O–H groups in total. The van der Waals surface area contributed by atoms with Crippen molar-refractivity contribution < 1.29 is 4.74 Å². The lowest BCUT2D eigenvalue weighted by molar-refractivity contribution is 0.450. The molecule has 0 bridgehead atoms. The molecule has 0 atom stereocenters. The molecule has 108 valence electrons. The topological polar surface area (TPSA) is 52.0 Å². The number of hydrogen-bond acceptors (Lipinski definition) is 4. The fraction of sp³-hybridized carbons (Fsp3) is 0.467. The third kappa shape index (κ3) is 3.36. The molecule has 0 fully saturated rings. The van der Waals surface area contributed by atoms with Crippen molar-refractivity contribution in [1.29, 1.82) is 0 Å². The average Bonchev–Trinajstić information content (AvgIpc) is 2.85. The molecule has 0 aliphatic heterocycles. The molecule has 2 rings (SSSR count). The number of aromatic nitrogens is 3. The maximum atomic E-state index is 5.92. The third-order valence-electron chi connectivity index (χ3n) is 3.14. The van der Waals surface area contributed by atoms with Gasteiger partial charge >= 0.3 is 0 Å². The van der Waals surface area contributed by atoms with Crippen LogP contribution in [0.2, 0.25) is 0 Å². The summed E-state index contributed by atoms with van der Waals surface area (Å²) < 4.78 is 7.75. The van der Waals surface area contributed by atoms with Crippen molar-refractivity contribution in [3.05, 3.63) is 35.3 Å². The van der Waals surface area contributed by atoms with Gasteiger partial charge in [-0.1, -0.05) is 6.92 Å². The molecular formula is C15H22N4O. The van der Waals surface area contributed by atoms with Crippen molar-refractivity contribution in [2.45, 2.75) is 40.8 Å². The summed E-state index contributed by atoms with van der Waals surface area (Å²) in [6.45, 7) is 10.7. The molecule has 20 heavy (non-hydrogen) atoms. The van der Waals surface area contributed by atoms with Gasteiger partial charge in [0.15, 0.2) is 5.75 Å². The van der Waals surface area contributed by atoms with Crippen molar-refractivity contribution in [3.8, 4) is 11.6 Å². The van der Waals surface area contributed by atoms with Gasteiger partial charge in [0.05, 0.1) is 12.4 Å². The molecule has 0 saturated heterocycles. The van der Waals surface area contributed by atoms with Crippen LogP contribution < -0.4 is 10.1 Å². The normalized spacial score (nSPS) is 10.8. The number of nitrogens with zero attached hydrogens (tertiary/aromatic N) is 3. The summed E-state index contributed by atoms with van der Waals surface area (Å²) in [7, 11) is 0. The number of rotatable bonds is 6. The second-order valence-electron chi connectivity index (χ2n) is 4.78. The van der Waals surface area contributed by atoms with Crippen molar-refractivity contribution in [1.82, 2.24) is 20.1 Å². The Morgan fingerprint density at radius 3 is 2.75 bits per heavy atom. The zero-order chi connectivity index (χ0) is 14.5. The van der Waals surface area contributed by atoms with E-state index in [2.05, 4.69) is 35.3 Å². The minimum absolute atomic E-state index is 0.666. The highest BCUT2D eigenvalue weighted by atomic mass is 16.5. The predicted molar refractivity (Wildman–Crippen MR) is 79.1 cm³/mol. The Morgan fingerprint density at radius 1 is 1.30 bits per heavy atom. The van der Waals surface area contributed by atoms with Crippen LogP contribution in [-0.2, 0) is 13.1 Å². The van der Waals surface area contributed by atoms with E-state index in [0.717, 1.165) is 36.6 Å². The fourth-order valence-electron chi connectivity index (χ4n) is 2.06. The number of pyridine rings is 1. The van der Waals surface area contributed by atoms with E-state index in [4.69, 9.17) is 4.74 Å². The highest BCUT2D eigenvalue weighted by Gasteiger charge is 2.11. The molecule has 2 aromatic rings. The monoisotopic (exact) mass is 274 g/mol. The van der Waals surface area contributed by atoms with Gasteiger partial charge in [-0.05, 0) is 38.9 Å². The van der Waals surface area contributed by atoms with E-state index < -0.39 is 0 Å². The summed E-state index contributed by atoms with van der Waals surface area (Å²) in [5.41, 5.74) is 3.25. The minimum atomic E-state index is 0.666. The van der Waals surface area contributed by atoms with Crippen LogP contribution in [0, 0.1) is 13.8 Å². The SMILES string of the molecule is CCNCc1c(C)cc(C)nc1Oc1cnn(CC)c1. The highest BCUT2D eigenvalue weighted by molar-refractivity contribution is 5.38. The maximum Gasteiger partial charge on any atom is 0.224 e. The zero-order valence-electron chi connectivity index (χ0n) is 12.6. The Balaban J connectivity index is 2.28. The van der Waals surface area contributed by atoms with Gasteiger partial charge in [-0.15, -0.1) is 0 Å². The van der Waals surface area contributed by atoms with Gasteiger partial charge < -0.3 is 10.1 Å². The first-order valence-corrected chi connectivity index (χ1v) is 7.02. The van der Waals surface area contributed by atoms with Gasteiger partial charge in [-0.2, -0.15) is 5.10 Å². The summed E-state index contributed by atoms with van der Waals surface area (Å²) in [5.74, 6) is 1.39. The molecule has 5 heteroatoms. The van der Waals surface area contributed by atoms with Crippen LogP contribution in [0.15, 0.2) is 18.5 Å².